The molecule has 0 unspecified atom stereocenters. The van der Waals surface area contributed by atoms with Crippen LogP contribution in [0.15, 0.2) is 109 Å². The summed E-state index contributed by atoms with van der Waals surface area (Å²) in [6, 6.07) is 11.3. The van der Waals surface area contributed by atoms with E-state index in [1.807, 2.05) is 0 Å². The molecular weight excluding hydrogens is 733 g/mol. The zero-order valence-corrected chi connectivity index (χ0v) is 32.2. The molecule has 0 aliphatic heterocycles. The first-order chi connectivity index (χ1) is 21.4. The van der Waals surface area contributed by atoms with Crippen LogP contribution in [0, 0.1) is 6.08 Å². The van der Waals surface area contributed by atoms with Gasteiger partial charge >= 0.3 is 69.7 Å². The number of fused-ring (bicyclic) bond motifs is 1. The van der Waals surface area contributed by atoms with Crippen LogP contribution in [0.1, 0.15) is 15.9 Å². The topological polar surface area (TPSA) is 269 Å². The number of carbonyl (C=O) groups is 1. The van der Waals surface area contributed by atoms with Crippen molar-refractivity contribution in [2.45, 2.75) is 14.7 Å². The smallest absolute Gasteiger partial charge is 0.744 e. The first-order valence-electron chi connectivity index (χ1n) is 12.0. The van der Waals surface area contributed by atoms with E-state index in [9.17, 15) is 34.6 Å². The molecule has 0 spiro atoms. The van der Waals surface area contributed by atoms with E-state index in [0.717, 1.165) is 16.9 Å². The number of hydrogen-bond donors (Lipinski definition) is 2. The van der Waals surface area contributed by atoms with Gasteiger partial charge in [0.1, 0.15) is 21.6 Å². The van der Waals surface area contributed by atoms with Crippen LogP contribution in [0.5, 0.6) is 0 Å². The predicted octanol–water partition coefficient (Wildman–Crippen LogP) is -3.09. The van der Waals surface area contributed by atoms with Crippen LogP contribution in [0.25, 0.3) is 6.08 Å². The molecule has 4 rings (SSSR count). The summed E-state index contributed by atoms with van der Waals surface area (Å²) in [4.78, 5) is 12.3. The van der Waals surface area contributed by atoms with Crippen LogP contribution in [0.2, 0.25) is 0 Å². The number of ketones is 1. The van der Waals surface area contributed by atoms with Crippen LogP contribution >= 0.6 is 0 Å². The Kier molecular flexibility index (Phi) is 15.6. The van der Waals surface area contributed by atoms with Gasteiger partial charge in [-0.05, 0) is 48.5 Å². The third-order valence-electron chi connectivity index (χ3n) is 5.76. The third kappa shape index (κ3) is 10.7. The number of rotatable bonds is 9. The molecule has 0 radical (unpaired) electrons. The summed E-state index contributed by atoms with van der Waals surface area (Å²) in [5.74, 6) is -0.784. The summed E-state index contributed by atoms with van der Waals surface area (Å²) in [7, 11) is -15.6. The predicted molar refractivity (Wildman–Crippen MR) is 163 cm³/mol. The molecule has 0 amide bonds. The Hall–Kier alpha value is -3.15. The molecule has 48 heavy (non-hydrogen) atoms. The Morgan fingerprint density at radius 2 is 1.31 bits per heavy atom. The molecule has 3 N–H and O–H groups in total. The fourth-order valence-corrected chi connectivity index (χ4v) is 5.68. The minimum atomic E-state index is -5.14. The fraction of sp³-hybridized carbons (Fsp3) is 0. The van der Waals surface area contributed by atoms with Gasteiger partial charge in [-0.15, -0.1) is 23.3 Å². The van der Waals surface area contributed by atoms with E-state index in [1.165, 1.54) is 54.6 Å². The number of Topliss-reactive ketones (excluding diaryl/α,β-unsaturated/α-hetero) is 1. The summed E-state index contributed by atoms with van der Waals surface area (Å²) >= 11 is 0. The number of hydrazone groups is 1. The average molecular weight is 752 g/mol. The van der Waals surface area contributed by atoms with Crippen molar-refractivity contribution in [1.82, 2.24) is 0 Å². The molecule has 0 fully saturated rings. The molecule has 0 saturated carbocycles. The summed E-state index contributed by atoms with van der Waals surface area (Å²) in [6.07, 6.45) is 3.80. The SMILES string of the molecule is C=CS(=O)(=O)c1ccc(N=Nc2c(S(=O)(=O)[O-])cc3c(c2N)C(=O)C(=NNc2ccc(S(=O)(=O)C=C)cc2)[C-]=C3)cc1.O=S(=O)=O.[Na+].[Na+]. The van der Waals surface area contributed by atoms with Crippen LogP contribution in [0.3, 0.4) is 0 Å². The summed E-state index contributed by atoms with van der Waals surface area (Å²) in [6.45, 7) is 6.49. The van der Waals surface area contributed by atoms with E-state index < -0.39 is 62.5 Å². The van der Waals surface area contributed by atoms with Gasteiger partial charge in [0.2, 0.25) is 0 Å². The van der Waals surface area contributed by atoms with Crippen LogP contribution in [-0.2, 0) is 40.4 Å². The van der Waals surface area contributed by atoms with Crippen molar-refractivity contribution in [3.63, 3.8) is 0 Å². The molecule has 3 aromatic rings. The molecule has 1 aliphatic carbocycles. The number of carbonyl (C=O) groups excluding carboxylic acids is 1. The Morgan fingerprint density at radius 1 is 0.833 bits per heavy atom. The molecule has 240 valence electrons. The van der Waals surface area contributed by atoms with Gasteiger partial charge in [0.15, 0.2) is 19.7 Å². The van der Waals surface area contributed by atoms with Gasteiger partial charge in [-0.3, -0.25) is 5.43 Å². The molecular formula is C26H19N5Na2O11S4. The molecule has 16 nitrogen and oxygen atoms in total. The van der Waals surface area contributed by atoms with E-state index in [4.69, 9.17) is 18.4 Å². The first kappa shape index (κ1) is 42.9. The molecule has 0 atom stereocenters. The average Bonchev–Trinajstić information content (AvgIpc) is 2.99. The molecule has 0 heterocycles. The van der Waals surface area contributed by atoms with E-state index in [-0.39, 0.29) is 91.4 Å². The zero-order valence-electron chi connectivity index (χ0n) is 24.9. The number of nitrogens with zero attached hydrogens (tertiary/aromatic N) is 3. The van der Waals surface area contributed by atoms with E-state index in [1.54, 1.807) is 0 Å². The Labute approximate surface area is 320 Å². The normalized spacial score (nSPS) is 13.3. The van der Waals surface area contributed by atoms with E-state index >= 15 is 0 Å². The second-order valence-electron chi connectivity index (χ2n) is 8.59. The Morgan fingerprint density at radius 3 is 1.77 bits per heavy atom. The molecule has 3 aromatic carbocycles. The third-order valence-corrected chi connectivity index (χ3v) is 9.34. The second kappa shape index (κ2) is 17.5. The monoisotopic (exact) mass is 751 g/mol. The van der Waals surface area contributed by atoms with Gasteiger partial charge in [0, 0.05) is 22.2 Å². The number of nitrogens with one attached hydrogen (secondary N) is 1. The number of hydrogen-bond acceptors (Lipinski definition) is 16. The van der Waals surface area contributed by atoms with Gasteiger partial charge in [-0.2, -0.15) is 22.4 Å². The van der Waals surface area contributed by atoms with Crippen molar-refractivity contribution < 1.29 is 106 Å². The molecule has 0 saturated heterocycles. The molecule has 0 aromatic heterocycles. The number of anilines is 2. The van der Waals surface area contributed by atoms with Gasteiger partial charge in [0.25, 0.3) is 0 Å². The number of sulfone groups is 2. The minimum Gasteiger partial charge on any atom is -0.744 e. The van der Waals surface area contributed by atoms with Gasteiger partial charge < -0.3 is 15.1 Å². The number of benzene rings is 3. The van der Waals surface area contributed by atoms with Crippen molar-refractivity contribution in [2.75, 3.05) is 11.2 Å². The van der Waals surface area contributed by atoms with Crippen molar-refractivity contribution >= 4 is 80.7 Å². The Balaban J connectivity index is 0.00000182. The number of azo groups is 1. The standard InChI is InChI=1S/C26H20N5O8S3.2Na.O3S/c1-3-40(33,34)19-10-6-17(7-11-19)28-30-21-14-5-16-15-22(42(37,38)39)25(24(27)23(16)26(21)32)31-29-18-8-12-20(13-9-18)41(35,36)4-2;;;1-4(2)3/h3-13,15,28H,1-2,27H2,(H,37,38,39);;;/q-1;2*+1;/p-1. The van der Waals surface area contributed by atoms with Crippen molar-refractivity contribution in [3.05, 3.63) is 95.8 Å². The van der Waals surface area contributed by atoms with Gasteiger partial charge in [0.05, 0.1) is 26.1 Å². The zero-order chi connectivity index (χ0) is 34.4. The quantitative estimate of drug-likeness (QED) is 0.0549. The van der Waals surface area contributed by atoms with Crippen LogP contribution in [-0.4, -0.2) is 53.9 Å². The maximum Gasteiger partial charge on any atom is 1.00 e. The summed E-state index contributed by atoms with van der Waals surface area (Å²) in [5, 5.41) is 13.2. The molecule has 0 bridgehead atoms. The van der Waals surface area contributed by atoms with Crippen LogP contribution < -0.4 is 70.3 Å². The number of nitrogen functional groups attached to an aromatic ring is 1. The van der Waals surface area contributed by atoms with E-state index in [0.29, 0.717) is 5.69 Å². The maximum absolute atomic E-state index is 13.2. The molecule has 1 aliphatic rings. The van der Waals surface area contributed by atoms with Crippen molar-refractivity contribution in [2.24, 2.45) is 15.3 Å². The van der Waals surface area contributed by atoms with Gasteiger partial charge in [-0.25, -0.2) is 25.3 Å². The largest absolute Gasteiger partial charge is 1.00 e. The first-order valence-corrected chi connectivity index (χ1v) is 17.5. The fourth-order valence-electron chi connectivity index (χ4n) is 3.60. The van der Waals surface area contributed by atoms with E-state index in [2.05, 4.69) is 40.0 Å². The van der Waals surface area contributed by atoms with Crippen molar-refractivity contribution in [3.8, 4) is 0 Å². The summed E-state index contributed by atoms with van der Waals surface area (Å²) in [5.41, 5.74) is 7.58. The minimum absolute atomic E-state index is 0. The maximum atomic E-state index is 13.2. The second-order valence-corrected chi connectivity index (χ2v) is 14.1. The van der Waals surface area contributed by atoms with Crippen molar-refractivity contribution in [1.29, 1.82) is 0 Å². The molecule has 22 heteroatoms. The van der Waals surface area contributed by atoms with Gasteiger partial charge in [-0.1, -0.05) is 24.8 Å². The number of nitrogens with two attached hydrogens (primary N) is 1. The summed E-state index contributed by atoms with van der Waals surface area (Å²) < 4.78 is 109. The number of allylic oxidation sites excluding steroid dienone is 1. The van der Waals surface area contributed by atoms with Crippen LogP contribution in [0.4, 0.5) is 22.7 Å². The Bertz CT molecular complexity index is 2290.